The Hall–Kier alpha value is -4.94. The SMILES string of the molecule is CC(=O)CCCC(=O)O[C@@H](C(=O)O[C@H]1C[C@@]2(O)[C@@H](OC(=O)c3ccccc3)[C@@H]3[C@]4(OC(C)=O)CO[C@@H]4C[C@H](O)[C@@]3(C)[C@H](O)[C@H](O)[C@@H](C1C)C2(C)C)[C@@H](NC(=O)OC(C)(C)C)c1ccccc1. The summed E-state index contributed by atoms with van der Waals surface area (Å²) >= 11 is 0. The second-order valence-electron chi connectivity index (χ2n) is 20.3. The van der Waals surface area contributed by atoms with Crippen LogP contribution in [0.3, 0.4) is 0 Å². The number of amides is 1. The molecule has 1 heterocycles. The Kier molecular flexibility index (Phi) is 14.5. The monoisotopic (exact) mass is 923 g/mol. The topological polar surface area (TPSA) is 251 Å². The number of alkyl carbamates (subject to hydrolysis) is 1. The Balaban J connectivity index is 1.49. The van der Waals surface area contributed by atoms with E-state index in [0.29, 0.717) is 5.56 Å². The second-order valence-corrected chi connectivity index (χ2v) is 20.3. The molecule has 2 aromatic carbocycles. The minimum Gasteiger partial charge on any atom is -0.459 e. The van der Waals surface area contributed by atoms with Crippen molar-refractivity contribution in [3.63, 3.8) is 0 Å². The summed E-state index contributed by atoms with van der Waals surface area (Å²) < 4.78 is 36.2. The number of ketones is 1. The van der Waals surface area contributed by atoms with Crippen LogP contribution in [0, 0.1) is 28.6 Å². The first-order chi connectivity index (χ1) is 30.8. The number of carbonyl (C=O) groups is 6. The summed E-state index contributed by atoms with van der Waals surface area (Å²) in [6.07, 6.45) is -12.8. The van der Waals surface area contributed by atoms with Crippen molar-refractivity contribution >= 4 is 35.8 Å². The zero-order valence-electron chi connectivity index (χ0n) is 39.1. The molecule has 5 N–H and O–H groups in total. The summed E-state index contributed by atoms with van der Waals surface area (Å²) in [4.78, 5) is 81.0. The molecular weight excluding hydrogens is 859 g/mol. The minimum atomic E-state index is -2.33. The highest BCUT2D eigenvalue weighted by atomic mass is 16.6. The van der Waals surface area contributed by atoms with E-state index in [1.807, 2.05) is 0 Å². The lowest BCUT2D eigenvalue weighted by molar-refractivity contribution is -0.379. The van der Waals surface area contributed by atoms with Crippen LogP contribution >= 0.6 is 0 Å². The highest BCUT2D eigenvalue weighted by Crippen LogP contribution is 2.66. The van der Waals surface area contributed by atoms with Gasteiger partial charge in [0, 0.05) is 49.4 Å². The van der Waals surface area contributed by atoms with E-state index >= 15 is 0 Å². The van der Waals surface area contributed by atoms with Crippen LogP contribution in [0.2, 0.25) is 0 Å². The normalized spacial score (nSPS) is 34.2. The first-order valence-electron chi connectivity index (χ1n) is 22.6. The molecule has 1 unspecified atom stereocenters. The summed E-state index contributed by atoms with van der Waals surface area (Å²) in [7, 11) is 0. The maximum atomic E-state index is 15.0. The number of hydrogen-bond donors (Lipinski definition) is 5. The van der Waals surface area contributed by atoms with Gasteiger partial charge in [0.15, 0.2) is 5.60 Å². The molecule has 17 heteroatoms. The number of fused-ring (bicyclic) bond motifs is 5. The van der Waals surface area contributed by atoms with E-state index in [9.17, 15) is 49.2 Å². The average molecular weight is 924 g/mol. The van der Waals surface area contributed by atoms with E-state index in [-0.39, 0.29) is 43.6 Å². The maximum absolute atomic E-state index is 15.0. The van der Waals surface area contributed by atoms with Gasteiger partial charge in [-0.15, -0.1) is 0 Å². The second kappa shape index (κ2) is 19.0. The van der Waals surface area contributed by atoms with E-state index in [2.05, 4.69) is 5.32 Å². The van der Waals surface area contributed by atoms with E-state index < -0.39 is 131 Å². The molecule has 1 amide bonds. The predicted octanol–water partition coefficient (Wildman–Crippen LogP) is 4.30. The van der Waals surface area contributed by atoms with Crippen LogP contribution in [0.1, 0.15) is 116 Å². The molecule has 4 aliphatic rings. The van der Waals surface area contributed by atoms with Crippen molar-refractivity contribution in [2.45, 2.75) is 160 Å². The molecule has 362 valence electrons. The van der Waals surface area contributed by atoms with Gasteiger partial charge in [0.25, 0.3) is 0 Å². The number of aliphatic hydroxyl groups is 4. The van der Waals surface area contributed by atoms with Crippen molar-refractivity contribution in [1.29, 1.82) is 0 Å². The Morgan fingerprint density at radius 1 is 0.894 bits per heavy atom. The third-order valence-corrected chi connectivity index (χ3v) is 14.5. The maximum Gasteiger partial charge on any atom is 0.408 e. The summed E-state index contributed by atoms with van der Waals surface area (Å²) in [5.74, 6) is -7.43. The van der Waals surface area contributed by atoms with Crippen LogP contribution < -0.4 is 5.32 Å². The molecule has 3 aliphatic carbocycles. The molecular formula is C49H65NO16. The van der Waals surface area contributed by atoms with Crippen LogP contribution in [0.4, 0.5) is 4.79 Å². The Labute approximate surface area is 384 Å². The molecule has 17 nitrogen and oxygen atoms in total. The van der Waals surface area contributed by atoms with Gasteiger partial charge in [-0.1, -0.05) is 76.2 Å². The largest absolute Gasteiger partial charge is 0.459 e. The molecule has 0 spiro atoms. The zero-order valence-corrected chi connectivity index (χ0v) is 39.1. The highest BCUT2D eigenvalue weighted by Gasteiger charge is 2.79. The third kappa shape index (κ3) is 9.46. The number of ether oxygens (including phenoxy) is 6. The lowest BCUT2D eigenvalue weighted by Crippen LogP contribution is -2.83. The van der Waals surface area contributed by atoms with E-state index in [0.717, 1.165) is 0 Å². The Bertz CT molecular complexity index is 2130. The van der Waals surface area contributed by atoms with Crippen molar-refractivity contribution in [2.24, 2.45) is 28.6 Å². The lowest BCUT2D eigenvalue weighted by atomic mass is 9.42. The van der Waals surface area contributed by atoms with Crippen molar-refractivity contribution < 1.29 is 77.6 Å². The average Bonchev–Trinajstić information content (AvgIpc) is 3.23. The van der Waals surface area contributed by atoms with Gasteiger partial charge in [-0.3, -0.25) is 9.59 Å². The van der Waals surface area contributed by atoms with Gasteiger partial charge in [-0.25, -0.2) is 14.4 Å². The molecule has 6 rings (SSSR count). The lowest BCUT2D eigenvalue weighted by Gasteiger charge is -2.70. The molecule has 3 saturated carbocycles. The molecule has 66 heavy (non-hydrogen) atoms. The Morgan fingerprint density at radius 3 is 2.08 bits per heavy atom. The third-order valence-electron chi connectivity index (χ3n) is 14.5. The first-order valence-corrected chi connectivity index (χ1v) is 22.6. The summed E-state index contributed by atoms with van der Waals surface area (Å²) in [6.45, 7) is 13.6. The number of esters is 4. The molecule has 0 aromatic heterocycles. The van der Waals surface area contributed by atoms with E-state index in [1.54, 1.807) is 90.1 Å². The Morgan fingerprint density at radius 2 is 1.52 bits per heavy atom. The van der Waals surface area contributed by atoms with Gasteiger partial charge in [0.1, 0.15) is 41.3 Å². The molecule has 0 radical (unpaired) electrons. The number of hydrogen-bond acceptors (Lipinski definition) is 16. The van der Waals surface area contributed by atoms with Gasteiger partial charge < -0.3 is 59.0 Å². The number of nitrogens with one attached hydrogen (secondary N) is 1. The van der Waals surface area contributed by atoms with Crippen LogP contribution in [0.25, 0.3) is 0 Å². The quantitative estimate of drug-likeness (QED) is 0.139. The van der Waals surface area contributed by atoms with Crippen LogP contribution in [0.15, 0.2) is 60.7 Å². The summed E-state index contributed by atoms with van der Waals surface area (Å²) in [5, 5.41) is 53.5. The fraction of sp³-hybridized carbons (Fsp3) is 0.633. The molecule has 1 saturated heterocycles. The predicted molar refractivity (Wildman–Crippen MR) is 233 cm³/mol. The zero-order chi connectivity index (χ0) is 48.7. The molecule has 2 bridgehead atoms. The number of Topliss-reactive ketones (excluding diaryl/α,β-unsaturated/α-hetero) is 1. The molecule has 4 fully saturated rings. The van der Waals surface area contributed by atoms with Gasteiger partial charge in [-0.05, 0) is 57.7 Å². The van der Waals surface area contributed by atoms with Crippen molar-refractivity contribution in [3.05, 3.63) is 71.8 Å². The summed E-state index contributed by atoms with van der Waals surface area (Å²) in [5.41, 5.74) is -7.96. The number of aliphatic hydroxyl groups excluding tert-OH is 3. The minimum absolute atomic E-state index is 0.0602. The highest BCUT2D eigenvalue weighted by molar-refractivity contribution is 5.89. The fourth-order valence-corrected chi connectivity index (χ4v) is 11.1. The molecule has 14 atom stereocenters. The standard InChI is InChI=1S/C49H65NO16/c1-26(51)17-16-22-34(54)63-38(36(29-18-12-10-13-19-29)50-44(59)66-45(4,5)6)43(58)62-31-24-49(60)41(64-42(57)30-20-14-11-15-21-30)39-47(9,40(56)37(55)35(27(31)2)46(49,7)8)32(53)23-33-48(39,25-61-33)65-28(3)52/h10-15,18-21,27,31-33,35-41,53,55-56,60H,16-17,22-25H2,1-9H3,(H,50,59)/t27?,31-,32-,33+,35+,36-,37+,38+,39-,40+,41-,47+,48-,49+/m0/s1. The summed E-state index contributed by atoms with van der Waals surface area (Å²) in [6, 6.07) is 14.7. The van der Waals surface area contributed by atoms with Crippen LogP contribution in [0.5, 0.6) is 0 Å². The number of rotatable bonds is 13. The van der Waals surface area contributed by atoms with E-state index in [4.69, 9.17) is 28.4 Å². The fourth-order valence-electron chi connectivity index (χ4n) is 11.1. The van der Waals surface area contributed by atoms with Gasteiger partial charge in [0.05, 0.1) is 36.4 Å². The van der Waals surface area contributed by atoms with Crippen molar-refractivity contribution in [1.82, 2.24) is 5.32 Å². The van der Waals surface area contributed by atoms with Crippen LogP contribution in [-0.4, -0.2) is 122 Å². The van der Waals surface area contributed by atoms with Gasteiger partial charge in [-0.2, -0.15) is 0 Å². The number of benzene rings is 2. The number of carbonyl (C=O) groups excluding carboxylic acids is 6. The van der Waals surface area contributed by atoms with Gasteiger partial charge in [0.2, 0.25) is 6.10 Å². The first kappa shape index (κ1) is 50.5. The van der Waals surface area contributed by atoms with Gasteiger partial charge >= 0.3 is 30.0 Å². The van der Waals surface area contributed by atoms with E-state index in [1.165, 1.54) is 32.9 Å². The molecule has 2 aromatic rings. The molecule has 1 aliphatic heterocycles. The van der Waals surface area contributed by atoms with Crippen molar-refractivity contribution in [2.75, 3.05) is 6.61 Å². The van der Waals surface area contributed by atoms with Crippen molar-refractivity contribution in [3.8, 4) is 0 Å². The van der Waals surface area contributed by atoms with Crippen LogP contribution in [-0.2, 0) is 47.6 Å². The smallest absolute Gasteiger partial charge is 0.408 e.